The van der Waals surface area contributed by atoms with Crippen molar-refractivity contribution in [1.29, 1.82) is 0 Å². The fourth-order valence-corrected chi connectivity index (χ4v) is 1.71. The van der Waals surface area contributed by atoms with Crippen LogP contribution in [0.15, 0.2) is 15.8 Å². The molecule has 0 spiro atoms. The topological polar surface area (TPSA) is 66.9 Å². The second-order valence-electron chi connectivity index (χ2n) is 4.20. The predicted octanol–water partition coefficient (Wildman–Crippen LogP) is 0.826. The molecule has 0 bridgehead atoms. The summed E-state index contributed by atoms with van der Waals surface area (Å²) in [6, 6.07) is 0. The summed E-state index contributed by atoms with van der Waals surface area (Å²) in [5.74, 6) is 0.293. The normalized spacial score (nSPS) is 12.6. The van der Waals surface area contributed by atoms with Gasteiger partial charge in [0.25, 0.3) is 5.56 Å². The van der Waals surface area contributed by atoms with Crippen molar-refractivity contribution in [1.82, 2.24) is 14.9 Å². The third kappa shape index (κ3) is 4.36. The molecule has 0 fully saturated rings. The van der Waals surface area contributed by atoms with Gasteiger partial charge in [-0.2, -0.15) is 0 Å². The number of aromatic nitrogens is 2. The number of nitrogens with one attached hydrogen (secondary N) is 2. The van der Waals surface area contributed by atoms with E-state index in [0.717, 1.165) is 19.5 Å². The number of H-pyrrole nitrogens is 1. The molecule has 0 aromatic carbocycles. The van der Waals surface area contributed by atoms with Gasteiger partial charge >= 0.3 is 5.69 Å². The highest BCUT2D eigenvalue weighted by molar-refractivity contribution is 6.30. The van der Waals surface area contributed by atoms with Crippen LogP contribution < -0.4 is 16.6 Å². The first-order valence-corrected chi connectivity index (χ1v) is 6.12. The Hall–Kier alpha value is -1.07. The van der Waals surface area contributed by atoms with E-state index >= 15 is 0 Å². The van der Waals surface area contributed by atoms with Gasteiger partial charge in [-0.3, -0.25) is 14.3 Å². The van der Waals surface area contributed by atoms with E-state index in [1.54, 1.807) is 0 Å². The molecule has 1 unspecified atom stereocenters. The quantitative estimate of drug-likeness (QED) is 0.744. The van der Waals surface area contributed by atoms with Crippen LogP contribution >= 0.6 is 11.6 Å². The largest absolute Gasteiger partial charge is 0.328 e. The van der Waals surface area contributed by atoms with E-state index in [4.69, 9.17) is 11.6 Å². The number of aromatic amines is 1. The molecule has 0 saturated heterocycles. The fraction of sp³-hybridized carbons (Fsp3) is 0.636. The van der Waals surface area contributed by atoms with Crippen molar-refractivity contribution in [3.8, 4) is 0 Å². The maximum Gasteiger partial charge on any atom is 0.328 e. The van der Waals surface area contributed by atoms with E-state index in [2.05, 4.69) is 17.2 Å². The van der Waals surface area contributed by atoms with Crippen molar-refractivity contribution in [3.05, 3.63) is 32.1 Å². The van der Waals surface area contributed by atoms with Crippen molar-refractivity contribution in [3.63, 3.8) is 0 Å². The summed E-state index contributed by atoms with van der Waals surface area (Å²) in [7, 11) is 0. The Bertz CT molecular complexity index is 467. The summed E-state index contributed by atoms with van der Waals surface area (Å²) in [6.07, 6.45) is 2.47. The van der Waals surface area contributed by atoms with Crippen molar-refractivity contribution < 1.29 is 0 Å². The van der Waals surface area contributed by atoms with E-state index in [9.17, 15) is 9.59 Å². The summed E-state index contributed by atoms with van der Waals surface area (Å²) in [4.78, 5) is 24.7. The summed E-state index contributed by atoms with van der Waals surface area (Å²) >= 11 is 5.68. The van der Waals surface area contributed by atoms with Crippen LogP contribution in [0.3, 0.4) is 0 Å². The molecule has 1 aromatic rings. The van der Waals surface area contributed by atoms with E-state index in [0.29, 0.717) is 12.5 Å². The SMILES string of the molecule is CCCNCC(C)Cn1cc(Cl)c(=O)[nH]c1=O. The Balaban J connectivity index is 2.65. The summed E-state index contributed by atoms with van der Waals surface area (Å²) in [5.41, 5.74) is -0.952. The highest BCUT2D eigenvalue weighted by Crippen LogP contribution is 2.00. The standard InChI is InChI=1S/C11H18ClN3O2/c1-3-4-13-5-8(2)6-15-7-9(12)10(16)14-11(15)17/h7-8,13H,3-6H2,1-2H3,(H,14,16,17). The van der Waals surface area contributed by atoms with Crippen molar-refractivity contribution in [2.75, 3.05) is 13.1 Å². The molecule has 6 heteroatoms. The Kier molecular flexibility index (Phi) is 5.44. The van der Waals surface area contributed by atoms with Crippen LogP contribution in [0.5, 0.6) is 0 Å². The summed E-state index contributed by atoms with van der Waals surface area (Å²) < 4.78 is 1.43. The Morgan fingerprint density at radius 1 is 1.53 bits per heavy atom. The van der Waals surface area contributed by atoms with Gasteiger partial charge in [0.05, 0.1) is 0 Å². The second-order valence-corrected chi connectivity index (χ2v) is 4.61. The number of hydrogen-bond acceptors (Lipinski definition) is 3. The number of halogens is 1. The lowest BCUT2D eigenvalue weighted by atomic mass is 10.2. The maximum atomic E-state index is 11.5. The van der Waals surface area contributed by atoms with Gasteiger partial charge in [0.15, 0.2) is 0 Å². The Morgan fingerprint density at radius 2 is 2.24 bits per heavy atom. The lowest BCUT2D eigenvalue weighted by Crippen LogP contribution is -2.33. The van der Waals surface area contributed by atoms with Crippen LogP contribution in [0, 0.1) is 5.92 Å². The van der Waals surface area contributed by atoms with Gasteiger partial charge in [-0.1, -0.05) is 25.4 Å². The third-order valence-electron chi connectivity index (χ3n) is 2.40. The van der Waals surface area contributed by atoms with Gasteiger partial charge in [0.2, 0.25) is 0 Å². The third-order valence-corrected chi connectivity index (χ3v) is 2.66. The van der Waals surface area contributed by atoms with Gasteiger partial charge in [-0.15, -0.1) is 0 Å². The lowest BCUT2D eigenvalue weighted by molar-refractivity contribution is 0.434. The van der Waals surface area contributed by atoms with Crippen LogP contribution in [0.1, 0.15) is 20.3 Å². The Labute approximate surface area is 105 Å². The van der Waals surface area contributed by atoms with Crippen LogP contribution in [0.4, 0.5) is 0 Å². The molecule has 1 aromatic heterocycles. The van der Waals surface area contributed by atoms with Crippen molar-refractivity contribution >= 4 is 11.6 Å². The molecule has 17 heavy (non-hydrogen) atoms. The van der Waals surface area contributed by atoms with Crippen LogP contribution in [-0.4, -0.2) is 22.6 Å². The van der Waals surface area contributed by atoms with E-state index in [1.165, 1.54) is 10.8 Å². The molecule has 1 atom stereocenters. The lowest BCUT2D eigenvalue weighted by Gasteiger charge is -2.13. The van der Waals surface area contributed by atoms with Gasteiger partial charge in [-0.05, 0) is 25.4 Å². The van der Waals surface area contributed by atoms with Crippen LogP contribution in [0.25, 0.3) is 0 Å². The van der Waals surface area contributed by atoms with Gasteiger partial charge < -0.3 is 5.32 Å². The summed E-state index contributed by atoms with van der Waals surface area (Å²) in [5, 5.41) is 3.32. The van der Waals surface area contributed by atoms with Crippen molar-refractivity contribution in [2.24, 2.45) is 5.92 Å². The van der Waals surface area contributed by atoms with Crippen LogP contribution in [-0.2, 0) is 6.54 Å². The van der Waals surface area contributed by atoms with Gasteiger partial charge in [0, 0.05) is 12.7 Å². The molecule has 0 aliphatic carbocycles. The highest BCUT2D eigenvalue weighted by atomic mass is 35.5. The number of nitrogens with zero attached hydrogens (tertiary/aromatic N) is 1. The zero-order chi connectivity index (χ0) is 12.8. The zero-order valence-corrected chi connectivity index (χ0v) is 10.9. The molecule has 1 rings (SSSR count). The molecule has 0 saturated carbocycles. The molecule has 2 N–H and O–H groups in total. The maximum absolute atomic E-state index is 11.5. The molecule has 0 aliphatic rings. The summed E-state index contributed by atoms with van der Waals surface area (Å²) in [6.45, 7) is 6.46. The predicted molar refractivity (Wildman–Crippen MR) is 68.7 cm³/mol. The first kappa shape index (κ1) is 14.0. The minimum Gasteiger partial charge on any atom is -0.316 e. The molecule has 0 radical (unpaired) electrons. The molecule has 5 nitrogen and oxygen atoms in total. The molecular formula is C11H18ClN3O2. The Morgan fingerprint density at radius 3 is 2.88 bits per heavy atom. The molecule has 0 amide bonds. The van der Waals surface area contributed by atoms with E-state index < -0.39 is 11.2 Å². The number of hydrogen-bond donors (Lipinski definition) is 2. The van der Waals surface area contributed by atoms with Gasteiger partial charge in [-0.25, -0.2) is 4.79 Å². The fourth-order valence-electron chi connectivity index (χ4n) is 1.54. The molecule has 0 aliphatic heterocycles. The number of rotatable bonds is 6. The average Bonchev–Trinajstić information content (AvgIpc) is 2.26. The van der Waals surface area contributed by atoms with Gasteiger partial charge in [0.1, 0.15) is 5.02 Å². The van der Waals surface area contributed by atoms with E-state index in [-0.39, 0.29) is 5.02 Å². The van der Waals surface area contributed by atoms with Crippen LogP contribution in [0.2, 0.25) is 5.02 Å². The monoisotopic (exact) mass is 259 g/mol. The molecule has 1 heterocycles. The first-order valence-electron chi connectivity index (χ1n) is 5.74. The second kappa shape index (κ2) is 6.61. The minimum absolute atomic E-state index is 0.0401. The smallest absolute Gasteiger partial charge is 0.316 e. The zero-order valence-electron chi connectivity index (χ0n) is 10.1. The van der Waals surface area contributed by atoms with E-state index in [1.807, 2.05) is 6.92 Å². The molecular weight excluding hydrogens is 242 g/mol. The highest BCUT2D eigenvalue weighted by Gasteiger charge is 2.06. The molecule has 96 valence electrons. The average molecular weight is 260 g/mol. The first-order chi connectivity index (χ1) is 8.04. The van der Waals surface area contributed by atoms with Crippen molar-refractivity contribution in [2.45, 2.75) is 26.8 Å². The minimum atomic E-state index is -0.537.